The van der Waals surface area contributed by atoms with Gasteiger partial charge in [-0.3, -0.25) is 4.79 Å². The van der Waals surface area contributed by atoms with Crippen molar-refractivity contribution < 1.29 is 23.7 Å². The lowest BCUT2D eigenvalue weighted by atomic mass is 9.98. The van der Waals surface area contributed by atoms with Crippen molar-refractivity contribution in [1.29, 1.82) is 0 Å². The van der Waals surface area contributed by atoms with Gasteiger partial charge in [-0.25, -0.2) is 0 Å². The van der Waals surface area contributed by atoms with E-state index in [0.29, 0.717) is 40.7 Å². The van der Waals surface area contributed by atoms with Gasteiger partial charge in [0.05, 0.1) is 19.8 Å². The van der Waals surface area contributed by atoms with Crippen molar-refractivity contribution in [2.75, 3.05) is 27.4 Å². The van der Waals surface area contributed by atoms with Crippen LogP contribution in [0.3, 0.4) is 0 Å². The molecule has 134 valence electrons. The third kappa shape index (κ3) is 3.57. The van der Waals surface area contributed by atoms with Crippen LogP contribution in [-0.2, 0) is 0 Å². The highest BCUT2D eigenvalue weighted by Crippen LogP contribution is 2.33. The Morgan fingerprint density at radius 1 is 1.12 bits per heavy atom. The Hall–Kier alpha value is -3.21. The molecule has 2 aromatic carbocycles. The maximum Gasteiger partial charge on any atom is 0.196 e. The number of ketones is 1. The van der Waals surface area contributed by atoms with E-state index in [9.17, 15) is 4.79 Å². The van der Waals surface area contributed by atoms with E-state index >= 15 is 0 Å². The second-order valence-corrected chi connectivity index (χ2v) is 5.66. The average molecular weight is 352 g/mol. The quantitative estimate of drug-likeness (QED) is 0.582. The smallest absolute Gasteiger partial charge is 0.196 e. The van der Waals surface area contributed by atoms with Gasteiger partial charge in [-0.05, 0) is 42.0 Å². The van der Waals surface area contributed by atoms with Crippen molar-refractivity contribution in [3.63, 3.8) is 0 Å². The molecule has 0 unspecified atom stereocenters. The molecule has 2 aromatic rings. The summed E-state index contributed by atoms with van der Waals surface area (Å²) in [5, 5.41) is 0. The maximum absolute atomic E-state index is 12.8. The van der Waals surface area contributed by atoms with E-state index in [1.807, 2.05) is 12.1 Å². The minimum absolute atomic E-state index is 0.0731. The minimum Gasteiger partial charge on any atom is -0.497 e. The van der Waals surface area contributed by atoms with Gasteiger partial charge < -0.3 is 18.9 Å². The number of hydrogen-bond donors (Lipinski definition) is 0. The zero-order valence-electron chi connectivity index (χ0n) is 14.8. The molecule has 0 saturated heterocycles. The van der Waals surface area contributed by atoms with E-state index in [1.165, 1.54) is 0 Å². The number of carbonyl (C=O) groups excluding carboxylic acids is 1. The van der Waals surface area contributed by atoms with Gasteiger partial charge in [0.15, 0.2) is 17.3 Å². The predicted octanol–water partition coefficient (Wildman–Crippen LogP) is 3.93. The Balaban J connectivity index is 1.90. The highest BCUT2D eigenvalue weighted by atomic mass is 16.5. The first-order chi connectivity index (χ1) is 12.7. The molecule has 0 aromatic heterocycles. The van der Waals surface area contributed by atoms with Crippen LogP contribution in [0.5, 0.6) is 23.0 Å². The van der Waals surface area contributed by atoms with E-state index in [-0.39, 0.29) is 12.4 Å². The summed E-state index contributed by atoms with van der Waals surface area (Å²) in [6.45, 7) is 4.24. The molecular weight excluding hydrogens is 332 g/mol. The molecule has 0 aliphatic carbocycles. The SMILES string of the molecule is C=CCOc1ccc(/C=C2/COc3ccc(OC)cc3C2=O)cc1OC. The second-order valence-electron chi connectivity index (χ2n) is 5.66. The van der Waals surface area contributed by atoms with Crippen molar-refractivity contribution in [2.45, 2.75) is 0 Å². The molecule has 26 heavy (non-hydrogen) atoms. The number of Topliss-reactive ketones (excluding diaryl/α,β-unsaturated/α-hetero) is 1. The van der Waals surface area contributed by atoms with E-state index in [0.717, 1.165) is 5.56 Å². The molecule has 0 spiro atoms. The third-order valence-corrected chi connectivity index (χ3v) is 3.99. The summed E-state index contributed by atoms with van der Waals surface area (Å²) in [5.74, 6) is 2.32. The van der Waals surface area contributed by atoms with Crippen LogP contribution in [0, 0.1) is 0 Å². The first kappa shape index (κ1) is 17.6. The first-order valence-corrected chi connectivity index (χ1v) is 8.14. The number of ether oxygens (including phenoxy) is 4. The van der Waals surface area contributed by atoms with Gasteiger partial charge in [0, 0.05) is 5.57 Å². The summed E-state index contributed by atoms with van der Waals surface area (Å²) in [6.07, 6.45) is 3.46. The summed E-state index contributed by atoms with van der Waals surface area (Å²) < 4.78 is 21.8. The summed E-state index contributed by atoms with van der Waals surface area (Å²) in [7, 11) is 3.14. The molecule has 0 atom stereocenters. The Morgan fingerprint density at radius 2 is 1.96 bits per heavy atom. The number of methoxy groups -OCH3 is 2. The summed E-state index contributed by atoms with van der Waals surface area (Å²) in [4.78, 5) is 12.8. The van der Waals surface area contributed by atoms with Crippen LogP contribution >= 0.6 is 0 Å². The van der Waals surface area contributed by atoms with Crippen molar-refractivity contribution in [1.82, 2.24) is 0 Å². The lowest BCUT2D eigenvalue weighted by molar-refractivity contribution is 0.100. The van der Waals surface area contributed by atoms with E-state index in [1.54, 1.807) is 50.6 Å². The fraction of sp³-hybridized carbons (Fsp3) is 0.190. The van der Waals surface area contributed by atoms with E-state index in [2.05, 4.69) is 6.58 Å². The molecule has 0 fully saturated rings. The Bertz CT molecular complexity index is 867. The van der Waals surface area contributed by atoms with Gasteiger partial charge in [0.25, 0.3) is 0 Å². The number of hydrogen-bond acceptors (Lipinski definition) is 5. The fourth-order valence-corrected chi connectivity index (χ4v) is 2.68. The van der Waals surface area contributed by atoms with Crippen LogP contribution in [0.1, 0.15) is 15.9 Å². The molecule has 0 saturated carbocycles. The van der Waals surface area contributed by atoms with Crippen molar-refractivity contribution in [2.24, 2.45) is 0 Å². The Kier molecular flexibility index (Phi) is 5.27. The molecule has 1 aliphatic rings. The van der Waals surface area contributed by atoms with Gasteiger partial charge in [0.2, 0.25) is 0 Å². The third-order valence-electron chi connectivity index (χ3n) is 3.99. The highest BCUT2D eigenvalue weighted by molar-refractivity contribution is 6.14. The number of rotatable bonds is 6. The van der Waals surface area contributed by atoms with Crippen LogP contribution in [0.2, 0.25) is 0 Å². The normalized spacial score (nSPS) is 14.4. The molecular formula is C21H20O5. The van der Waals surface area contributed by atoms with Gasteiger partial charge >= 0.3 is 0 Å². The van der Waals surface area contributed by atoms with Crippen LogP contribution in [0.25, 0.3) is 6.08 Å². The van der Waals surface area contributed by atoms with Crippen LogP contribution < -0.4 is 18.9 Å². The van der Waals surface area contributed by atoms with Gasteiger partial charge in [0.1, 0.15) is 24.7 Å². The fourth-order valence-electron chi connectivity index (χ4n) is 2.68. The number of benzene rings is 2. The van der Waals surface area contributed by atoms with Gasteiger partial charge in [-0.15, -0.1) is 0 Å². The highest BCUT2D eigenvalue weighted by Gasteiger charge is 2.24. The molecule has 1 heterocycles. The number of carbonyl (C=O) groups is 1. The average Bonchev–Trinajstić information content (AvgIpc) is 2.68. The van der Waals surface area contributed by atoms with Gasteiger partial charge in [-0.1, -0.05) is 18.7 Å². The summed E-state index contributed by atoms with van der Waals surface area (Å²) >= 11 is 0. The summed E-state index contributed by atoms with van der Waals surface area (Å²) in [6, 6.07) is 10.7. The predicted molar refractivity (Wildman–Crippen MR) is 99.5 cm³/mol. The molecule has 1 aliphatic heterocycles. The molecule has 0 amide bonds. The molecule has 3 rings (SSSR count). The lowest BCUT2D eigenvalue weighted by Gasteiger charge is -2.19. The van der Waals surface area contributed by atoms with Crippen molar-refractivity contribution >= 4 is 11.9 Å². The molecule has 0 radical (unpaired) electrons. The van der Waals surface area contributed by atoms with Gasteiger partial charge in [-0.2, -0.15) is 0 Å². The van der Waals surface area contributed by atoms with E-state index in [4.69, 9.17) is 18.9 Å². The Labute approximate surface area is 152 Å². The molecule has 0 N–H and O–H groups in total. The first-order valence-electron chi connectivity index (χ1n) is 8.14. The summed E-state index contributed by atoms with van der Waals surface area (Å²) in [5.41, 5.74) is 1.89. The second kappa shape index (κ2) is 7.78. The monoisotopic (exact) mass is 352 g/mol. The van der Waals surface area contributed by atoms with Crippen molar-refractivity contribution in [3.05, 3.63) is 65.8 Å². The maximum atomic E-state index is 12.8. The molecule has 5 heteroatoms. The van der Waals surface area contributed by atoms with Crippen LogP contribution in [-0.4, -0.2) is 33.2 Å². The van der Waals surface area contributed by atoms with Crippen LogP contribution in [0.4, 0.5) is 0 Å². The standard InChI is InChI=1S/C21H20O5/c1-4-9-25-19-7-5-14(11-20(19)24-3)10-15-13-26-18-8-6-16(23-2)12-17(18)21(15)22/h4-8,10-12H,1,9,13H2,2-3H3/b15-10-. The minimum atomic E-state index is -0.0731. The number of fused-ring (bicyclic) bond motifs is 1. The topological polar surface area (TPSA) is 54.0 Å². The van der Waals surface area contributed by atoms with E-state index < -0.39 is 0 Å². The Morgan fingerprint density at radius 3 is 2.69 bits per heavy atom. The largest absolute Gasteiger partial charge is 0.497 e. The zero-order chi connectivity index (χ0) is 18.5. The zero-order valence-corrected chi connectivity index (χ0v) is 14.8. The lowest BCUT2D eigenvalue weighted by Crippen LogP contribution is -2.19. The van der Waals surface area contributed by atoms with Crippen molar-refractivity contribution in [3.8, 4) is 23.0 Å². The molecule has 5 nitrogen and oxygen atoms in total. The molecule has 0 bridgehead atoms. The van der Waals surface area contributed by atoms with Crippen LogP contribution in [0.15, 0.2) is 54.6 Å².